The summed E-state index contributed by atoms with van der Waals surface area (Å²) in [6.07, 6.45) is 1.99. The van der Waals surface area contributed by atoms with Crippen molar-refractivity contribution in [3.8, 4) is 0 Å². The first kappa shape index (κ1) is 15.6. The Morgan fingerprint density at radius 3 is 2.41 bits per heavy atom. The molecule has 3 rings (SSSR count). The van der Waals surface area contributed by atoms with Crippen LogP contribution in [0.1, 0.15) is 29.6 Å². The Hall–Kier alpha value is -1.33. The summed E-state index contributed by atoms with van der Waals surface area (Å²) >= 11 is 11.6. The van der Waals surface area contributed by atoms with Gasteiger partial charge in [-0.2, -0.15) is 0 Å². The first-order chi connectivity index (χ1) is 10.3. The molecule has 118 valence electrons. The number of likely N-dealkylation sites (tertiary alicyclic amines) is 1. The van der Waals surface area contributed by atoms with E-state index in [4.69, 9.17) is 28.3 Å². The fourth-order valence-corrected chi connectivity index (χ4v) is 3.73. The van der Waals surface area contributed by atoms with E-state index in [1.54, 1.807) is 4.90 Å². The third-order valence-electron chi connectivity index (χ3n) is 4.77. The minimum Gasteiger partial charge on any atom is -0.481 e. The van der Waals surface area contributed by atoms with E-state index in [9.17, 15) is 14.0 Å². The van der Waals surface area contributed by atoms with Gasteiger partial charge in [0.15, 0.2) is 0 Å². The predicted molar refractivity (Wildman–Crippen MR) is 79.7 cm³/mol. The van der Waals surface area contributed by atoms with Gasteiger partial charge in [-0.05, 0) is 36.8 Å². The highest BCUT2D eigenvalue weighted by molar-refractivity contribution is 6.36. The number of hydrogen-bond acceptors (Lipinski definition) is 2. The second-order valence-corrected chi connectivity index (χ2v) is 6.81. The van der Waals surface area contributed by atoms with Crippen molar-refractivity contribution in [1.29, 1.82) is 0 Å². The van der Waals surface area contributed by atoms with E-state index in [0.717, 1.165) is 6.07 Å². The van der Waals surface area contributed by atoms with Crippen LogP contribution < -0.4 is 0 Å². The fraction of sp³-hybridized carbons (Fsp3) is 0.467. The number of amides is 1. The number of carbonyl (C=O) groups is 2. The maximum Gasteiger partial charge on any atom is 0.307 e. The molecule has 0 aromatic heterocycles. The highest BCUT2D eigenvalue weighted by Crippen LogP contribution is 2.59. The number of rotatable bonds is 2. The Morgan fingerprint density at radius 2 is 1.86 bits per heavy atom. The Morgan fingerprint density at radius 1 is 1.23 bits per heavy atom. The van der Waals surface area contributed by atoms with Gasteiger partial charge in [-0.15, -0.1) is 0 Å². The average Bonchev–Trinajstić information content (AvgIpc) is 3.17. The van der Waals surface area contributed by atoms with Gasteiger partial charge in [0.2, 0.25) is 0 Å². The summed E-state index contributed by atoms with van der Waals surface area (Å²) in [5, 5.41) is 9.06. The van der Waals surface area contributed by atoms with Crippen molar-refractivity contribution >= 4 is 35.1 Å². The van der Waals surface area contributed by atoms with Crippen LogP contribution in [0.25, 0.3) is 0 Å². The van der Waals surface area contributed by atoms with Crippen molar-refractivity contribution in [1.82, 2.24) is 4.90 Å². The molecule has 2 aliphatic rings. The van der Waals surface area contributed by atoms with Gasteiger partial charge in [-0.25, -0.2) is 4.39 Å². The van der Waals surface area contributed by atoms with Gasteiger partial charge < -0.3 is 10.0 Å². The van der Waals surface area contributed by atoms with Crippen LogP contribution in [0.5, 0.6) is 0 Å². The monoisotopic (exact) mass is 345 g/mol. The number of halogens is 3. The molecule has 1 aromatic carbocycles. The molecular weight excluding hydrogens is 332 g/mol. The smallest absolute Gasteiger partial charge is 0.307 e. The molecule has 1 saturated carbocycles. The molecule has 1 aromatic rings. The number of piperidine rings is 1. The minimum absolute atomic E-state index is 0.0881. The number of carboxylic acids is 1. The third-order valence-corrected chi connectivity index (χ3v) is 5.38. The Labute approximate surface area is 136 Å². The molecule has 22 heavy (non-hydrogen) atoms. The van der Waals surface area contributed by atoms with Gasteiger partial charge in [-0.3, -0.25) is 9.59 Å². The molecular formula is C15H14Cl2FNO3. The zero-order valence-electron chi connectivity index (χ0n) is 11.6. The summed E-state index contributed by atoms with van der Waals surface area (Å²) in [7, 11) is 0. The fourth-order valence-electron chi connectivity index (χ4n) is 3.26. The topological polar surface area (TPSA) is 57.6 Å². The highest BCUT2D eigenvalue weighted by Gasteiger charge is 2.59. The lowest BCUT2D eigenvalue weighted by Crippen LogP contribution is -2.40. The average molecular weight is 346 g/mol. The molecule has 1 atom stereocenters. The normalized spacial score (nSPS) is 22.7. The molecule has 2 fully saturated rings. The SMILES string of the molecule is O=C(O)C1CC12CCN(C(=O)c1cc(F)c(Cl)cc1Cl)CC2. The van der Waals surface area contributed by atoms with Gasteiger partial charge >= 0.3 is 5.97 Å². The van der Waals surface area contributed by atoms with Gasteiger partial charge in [0.25, 0.3) is 5.91 Å². The summed E-state index contributed by atoms with van der Waals surface area (Å²) < 4.78 is 13.5. The lowest BCUT2D eigenvalue weighted by molar-refractivity contribution is -0.139. The summed E-state index contributed by atoms with van der Waals surface area (Å²) in [5.74, 6) is -2.08. The highest BCUT2D eigenvalue weighted by atomic mass is 35.5. The molecule has 1 saturated heterocycles. The summed E-state index contributed by atoms with van der Waals surface area (Å²) in [4.78, 5) is 25.1. The van der Waals surface area contributed by atoms with Crippen LogP contribution in [-0.2, 0) is 4.79 Å². The zero-order valence-corrected chi connectivity index (χ0v) is 13.1. The lowest BCUT2D eigenvalue weighted by atomic mass is 9.90. The van der Waals surface area contributed by atoms with E-state index in [1.807, 2.05) is 0 Å². The molecule has 1 spiro atoms. The molecule has 1 N–H and O–H groups in total. The number of carbonyl (C=O) groups excluding carboxylic acids is 1. The largest absolute Gasteiger partial charge is 0.481 e. The predicted octanol–water partition coefficient (Wildman–Crippen LogP) is 3.46. The van der Waals surface area contributed by atoms with Crippen LogP contribution in [0, 0.1) is 17.2 Å². The van der Waals surface area contributed by atoms with Crippen molar-refractivity contribution in [2.45, 2.75) is 19.3 Å². The van der Waals surface area contributed by atoms with Crippen molar-refractivity contribution in [3.05, 3.63) is 33.6 Å². The van der Waals surface area contributed by atoms with Gasteiger partial charge in [0, 0.05) is 13.1 Å². The number of nitrogens with zero attached hydrogens (tertiary/aromatic N) is 1. The first-order valence-corrected chi connectivity index (χ1v) is 7.76. The van der Waals surface area contributed by atoms with Gasteiger partial charge in [0.1, 0.15) is 5.82 Å². The molecule has 4 nitrogen and oxygen atoms in total. The molecule has 0 bridgehead atoms. The van der Waals surface area contributed by atoms with E-state index in [0.29, 0.717) is 32.4 Å². The second-order valence-electron chi connectivity index (χ2n) is 6.00. The van der Waals surface area contributed by atoms with E-state index in [1.165, 1.54) is 6.07 Å². The van der Waals surface area contributed by atoms with Crippen molar-refractivity contribution in [3.63, 3.8) is 0 Å². The van der Waals surface area contributed by atoms with E-state index in [2.05, 4.69) is 0 Å². The van der Waals surface area contributed by atoms with Crippen molar-refractivity contribution < 1.29 is 19.1 Å². The van der Waals surface area contributed by atoms with Crippen LogP contribution in [0.15, 0.2) is 12.1 Å². The maximum atomic E-state index is 13.5. The number of carboxylic acid groups (broad SMARTS) is 1. The molecule has 1 heterocycles. The third kappa shape index (κ3) is 2.57. The van der Waals surface area contributed by atoms with Crippen molar-refractivity contribution in [2.24, 2.45) is 11.3 Å². The standard InChI is InChI=1S/C15H14Cl2FNO3/c16-10-6-11(17)12(18)5-8(10)13(20)19-3-1-15(2-4-19)7-9(15)14(21)22/h5-6,9H,1-4,7H2,(H,21,22). The number of hydrogen-bond donors (Lipinski definition) is 1. The van der Waals surface area contributed by atoms with Crippen LogP contribution in [0.3, 0.4) is 0 Å². The number of aliphatic carboxylic acids is 1. The van der Waals surface area contributed by atoms with E-state index >= 15 is 0 Å². The Bertz CT molecular complexity index is 656. The van der Waals surface area contributed by atoms with E-state index in [-0.39, 0.29) is 32.8 Å². The first-order valence-electron chi connectivity index (χ1n) is 7.01. The summed E-state index contributed by atoms with van der Waals surface area (Å²) in [6, 6.07) is 2.27. The quantitative estimate of drug-likeness (QED) is 0.835. The number of benzene rings is 1. The minimum atomic E-state index is -0.761. The van der Waals surface area contributed by atoms with Crippen LogP contribution in [-0.4, -0.2) is 35.0 Å². The summed E-state index contributed by atoms with van der Waals surface area (Å²) in [5.41, 5.74) is -0.0671. The zero-order chi connectivity index (χ0) is 16.1. The van der Waals surface area contributed by atoms with Crippen LogP contribution in [0.2, 0.25) is 10.0 Å². The molecule has 7 heteroatoms. The van der Waals surface area contributed by atoms with Gasteiger partial charge in [-0.1, -0.05) is 23.2 Å². The Balaban J connectivity index is 1.71. The maximum absolute atomic E-state index is 13.5. The molecule has 0 radical (unpaired) electrons. The van der Waals surface area contributed by atoms with Crippen LogP contribution >= 0.6 is 23.2 Å². The molecule has 1 aliphatic carbocycles. The molecule has 1 unspecified atom stereocenters. The van der Waals surface area contributed by atoms with Gasteiger partial charge in [0.05, 0.1) is 21.5 Å². The summed E-state index contributed by atoms with van der Waals surface area (Å²) in [6.45, 7) is 0.923. The molecule has 1 aliphatic heterocycles. The van der Waals surface area contributed by atoms with E-state index < -0.39 is 11.8 Å². The van der Waals surface area contributed by atoms with Crippen LogP contribution in [0.4, 0.5) is 4.39 Å². The second kappa shape index (κ2) is 5.39. The Kier molecular flexibility index (Phi) is 3.81. The molecule has 1 amide bonds. The van der Waals surface area contributed by atoms with Crippen molar-refractivity contribution in [2.75, 3.05) is 13.1 Å². The lowest BCUT2D eigenvalue weighted by Gasteiger charge is -2.32.